The van der Waals surface area contributed by atoms with Gasteiger partial charge in [0, 0.05) is 25.2 Å². The predicted octanol–water partition coefficient (Wildman–Crippen LogP) is 3.33. The summed E-state index contributed by atoms with van der Waals surface area (Å²) in [4.78, 5) is 10.1. The van der Waals surface area contributed by atoms with Gasteiger partial charge in [-0.05, 0) is 29.7 Å². The molecule has 2 aromatic rings. The number of non-ortho nitro benzene ring substituents is 1. The van der Waals surface area contributed by atoms with Gasteiger partial charge < -0.3 is 5.32 Å². The Morgan fingerprint density at radius 3 is 2.30 bits per heavy atom. The molecule has 4 nitrogen and oxygen atoms in total. The summed E-state index contributed by atoms with van der Waals surface area (Å²) in [5.41, 5.74) is 2.68. The van der Waals surface area contributed by atoms with Gasteiger partial charge in [-0.3, -0.25) is 10.1 Å². The van der Waals surface area contributed by atoms with Gasteiger partial charge in [-0.1, -0.05) is 24.3 Å². The molecule has 0 fully saturated rings. The topological polar surface area (TPSA) is 55.2 Å². The lowest BCUT2D eigenvalue weighted by atomic mass is 10.1. The monoisotopic (exact) mass is 274 g/mol. The van der Waals surface area contributed by atoms with Crippen LogP contribution >= 0.6 is 0 Å². The molecule has 0 aromatic heterocycles. The SMILES string of the molecule is Cc1cc(CNCc2ccc([N+](=O)[O-])cc2)ccc1F. The summed E-state index contributed by atoms with van der Waals surface area (Å²) < 4.78 is 13.1. The van der Waals surface area contributed by atoms with Crippen molar-refractivity contribution in [2.24, 2.45) is 0 Å². The van der Waals surface area contributed by atoms with Crippen molar-refractivity contribution in [1.29, 1.82) is 0 Å². The van der Waals surface area contributed by atoms with Crippen molar-refractivity contribution >= 4 is 5.69 Å². The Balaban J connectivity index is 1.89. The molecule has 0 bridgehead atoms. The fourth-order valence-electron chi connectivity index (χ4n) is 1.90. The number of nitro benzene ring substituents is 1. The molecular formula is C15H15FN2O2. The molecule has 2 rings (SSSR count). The lowest BCUT2D eigenvalue weighted by Gasteiger charge is -2.06. The molecule has 20 heavy (non-hydrogen) atoms. The summed E-state index contributed by atoms with van der Waals surface area (Å²) in [6, 6.07) is 11.4. The molecule has 0 heterocycles. The van der Waals surface area contributed by atoms with Crippen molar-refractivity contribution in [2.75, 3.05) is 0 Å². The number of aryl methyl sites for hydroxylation is 1. The van der Waals surface area contributed by atoms with Gasteiger partial charge in [0.2, 0.25) is 0 Å². The molecule has 0 atom stereocenters. The Kier molecular flexibility index (Phi) is 4.42. The van der Waals surface area contributed by atoms with Gasteiger partial charge in [-0.15, -0.1) is 0 Å². The van der Waals surface area contributed by atoms with Gasteiger partial charge in [0.1, 0.15) is 5.82 Å². The first kappa shape index (κ1) is 14.1. The van der Waals surface area contributed by atoms with E-state index in [1.54, 1.807) is 31.2 Å². The highest BCUT2D eigenvalue weighted by Crippen LogP contribution is 2.12. The molecule has 0 saturated carbocycles. The number of benzene rings is 2. The fourth-order valence-corrected chi connectivity index (χ4v) is 1.90. The fraction of sp³-hybridized carbons (Fsp3) is 0.200. The number of nitro groups is 1. The maximum absolute atomic E-state index is 13.1. The molecule has 0 aliphatic carbocycles. The van der Waals surface area contributed by atoms with E-state index in [0.29, 0.717) is 18.7 Å². The van der Waals surface area contributed by atoms with Crippen LogP contribution in [0.25, 0.3) is 0 Å². The summed E-state index contributed by atoms with van der Waals surface area (Å²) >= 11 is 0. The first-order chi connectivity index (χ1) is 9.56. The normalized spacial score (nSPS) is 10.5. The zero-order valence-corrected chi connectivity index (χ0v) is 11.1. The number of hydrogen-bond donors (Lipinski definition) is 1. The third kappa shape index (κ3) is 3.61. The van der Waals surface area contributed by atoms with Gasteiger partial charge in [-0.2, -0.15) is 0 Å². The third-order valence-electron chi connectivity index (χ3n) is 3.03. The molecule has 0 aliphatic heterocycles. The predicted molar refractivity (Wildman–Crippen MR) is 74.8 cm³/mol. The summed E-state index contributed by atoms with van der Waals surface area (Å²) in [6.07, 6.45) is 0. The van der Waals surface area contributed by atoms with Crippen LogP contribution in [0.3, 0.4) is 0 Å². The van der Waals surface area contributed by atoms with Crippen molar-refractivity contribution in [2.45, 2.75) is 20.0 Å². The highest BCUT2D eigenvalue weighted by atomic mass is 19.1. The highest BCUT2D eigenvalue weighted by Gasteiger charge is 2.04. The van der Waals surface area contributed by atoms with Gasteiger partial charge in [0.15, 0.2) is 0 Å². The van der Waals surface area contributed by atoms with Gasteiger partial charge in [0.25, 0.3) is 5.69 Å². The molecule has 2 aromatic carbocycles. The third-order valence-corrected chi connectivity index (χ3v) is 3.03. The molecule has 0 amide bonds. The standard InChI is InChI=1S/C15H15FN2O2/c1-11-8-13(4-7-15(11)16)10-17-9-12-2-5-14(6-3-12)18(19)20/h2-8,17H,9-10H2,1H3. The van der Waals surface area contributed by atoms with E-state index in [0.717, 1.165) is 11.1 Å². The van der Waals surface area contributed by atoms with E-state index >= 15 is 0 Å². The van der Waals surface area contributed by atoms with Crippen molar-refractivity contribution in [3.05, 3.63) is 75.1 Å². The van der Waals surface area contributed by atoms with E-state index in [9.17, 15) is 14.5 Å². The van der Waals surface area contributed by atoms with Crippen molar-refractivity contribution in [3.8, 4) is 0 Å². The highest BCUT2D eigenvalue weighted by molar-refractivity contribution is 5.32. The van der Waals surface area contributed by atoms with E-state index in [2.05, 4.69) is 5.32 Å². The van der Waals surface area contributed by atoms with E-state index in [1.807, 2.05) is 0 Å². The Bertz CT molecular complexity index is 612. The zero-order chi connectivity index (χ0) is 14.5. The lowest BCUT2D eigenvalue weighted by Crippen LogP contribution is -2.12. The van der Waals surface area contributed by atoms with Crippen LogP contribution in [0.15, 0.2) is 42.5 Å². The van der Waals surface area contributed by atoms with Crippen LogP contribution in [-0.4, -0.2) is 4.92 Å². The second-order valence-electron chi connectivity index (χ2n) is 4.61. The molecule has 0 radical (unpaired) electrons. The van der Waals surface area contributed by atoms with Crippen LogP contribution in [0.2, 0.25) is 0 Å². The lowest BCUT2D eigenvalue weighted by molar-refractivity contribution is -0.384. The molecule has 5 heteroatoms. The first-order valence-corrected chi connectivity index (χ1v) is 6.25. The molecule has 0 unspecified atom stereocenters. The number of nitrogens with one attached hydrogen (secondary N) is 1. The second-order valence-corrected chi connectivity index (χ2v) is 4.61. The molecule has 0 spiro atoms. The van der Waals surface area contributed by atoms with Gasteiger partial charge in [-0.25, -0.2) is 4.39 Å². The minimum Gasteiger partial charge on any atom is -0.309 e. The van der Waals surface area contributed by atoms with Crippen LogP contribution in [0.5, 0.6) is 0 Å². The first-order valence-electron chi connectivity index (χ1n) is 6.25. The summed E-state index contributed by atoms with van der Waals surface area (Å²) in [6.45, 7) is 2.96. The van der Waals surface area contributed by atoms with Gasteiger partial charge in [0.05, 0.1) is 4.92 Å². The number of nitrogens with zero attached hydrogens (tertiary/aromatic N) is 1. The van der Waals surface area contributed by atoms with E-state index in [-0.39, 0.29) is 11.5 Å². The van der Waals surface area contributed by atoms with E-state index in [4.69, 9.17) is 0 Å². The molecule has 0 aliphatic rings. The van der Waals surface area contributed by atoms with E-state index < -0.39 is 4.92 Å². The quantitative estimate of drug-likeness (QED) is 0.672. The number of halogens is 1. The number of hydrogen-bond acceptors (Lipinski definition) is 3. The molecule has 104 valence electrons. The second kappa shape index (κ2) is 6.25. The smallest absolute Gasteiger partial charge is 0.269 e. The molecule has 0 saturated heterocycles. The van der Waals surface area contributed by atoms with Gasteiger partial charge >= 0.3 is 0 Å². The van der Waals surface area contributed by atoms with Crippen molar-refractivity contribution in [3.63, 3.8) is 0 Å². The van der Waals surface area contributed by atoms with Crippen molar-refractivity contribution in [1.82, 2.24) is 5.32 Å². The van der Waals surface area contributed by atoms with Crippen LogP contribution in [-0.2, 0) is 13.1 Å². The number of rotatable bonds is 5. The van der Waals surface area contributed by atoms with E-state index in [1.165, 1.54) is 18.2 Å². The van der Waals surface area contributed by atoms with Crippen LogP contribution in [0, 0.1) is 22.9 Å². The minimum absolute atomic E-state index is 0.0860. The average Bonchev–Trinajstić information content (AvgIpc) is 2.43. The maximum atomic E-state index is 13.1. The Morgan fingerprint density at radius 1 is 1.10 bits per heavy atom. The van der Waals surface area contributed by atoms with Crippen LogP contribution in [0.4, 0.5) is 10.1 Å². The Morgan fingerprint density at radius 2 is 1.70 bits per heavy atom. The molecular weight excluding hydrogens is 259 g/mol. The maximum Gasteiger partial charge on any atom is 0.269 e. The van der Waals surface area contributed by atoms with Crippen LogP contribution in [0.1, 0.15) is 16.7 Å². The summed E-state index contributed by atoms with van der Waals surface area (Å²) in [5.74, 6) is -0.205. The summed E-state index contributed by atoms with van der Waals surface area (Å²) in [5, 5.41) is 13.8. The Labute approximate surface area is 116 Å². The average molecular weight is 274 g/mol. The minimum atomic E-state index is -0.418. The molecule has 1 N–H and O–H groups in total. The summed E-state index contributed by atoms with van der Waals surface area (Å²) in [7, 11) is 0. The van der Waals surface area contributed by atoms with Crippen LogP contribution < -0.4 is 5.32 Å². The van der Waals surface area contributed by atoms with Crippen molar-refractivity contribution < 1.29 is 9.31 Å². The largest absolute Gasteiger partial charge is 0.309 e. The Hall–Kier alpha value is -2.27. The zero-order valence-electron chi connectivity index (χ0n) is 11.1.